The summed E-state index contributed by atoms with van der Waals surface area (Å²) in [6.45, 7) is 2.60. The Bertz CT molecular complexity index is 643. The fraction of sp³-hybridized carbons (Fsp3) is 0.188. The van der Waals surface area contributed by atoms with Gasteiger partial charge >= 0.3 is 5.97 Å². The van der Waals surface area contributed by atoms with Crippen molar-refractivity contribution in [2.45, 2.75) is 6.92 Å². The van der Waals surface area contributed by atoms with Gasteiger partial charge in [0.25, 0.3) is 0 Å². The highest BCUT2D eigenvalue weighted by atomic mass is 19.1. The van der Waals surface area contributed by atoms with Crippen molar-refractivity contribution in [3.05, 3.63) is 59.4 Å². The summed E-state index contributed by atoms with van der Waals surface area (Å²) >= 11 is 0. The second kappa shape index (κ2) is 6.74. The third kappa shape index (κ3) is 4.21. The number of nitrogens with one attached hydrogen (secondary N) is 1. The highest BCUT2D eigenvalue weighted by molar-refractivity contribution is 5.87. The topological polar surface area (TPSA) is 58.6 Å². The van der Waals surface area contributed by atoms with Crippen molar-refractivity contribution in [3.63, 3.8) is 0 Å². The van der Waals surface area contributed by atoms with Crippen molar-refractivity contribution in [3.8, 4) is 5.75 Å². The first-order valence-corrected chi connectivity index (χ1v) is 6.52. The Hall–Kier alpha value is -2.56. The zero-order chi connectivity index (χ0) is 15.2. The number of carbonyl (C=O) groups is 1. The molecule has 0 unspecified atom stereocenters. The van der Waals surface area contributed by atoms with E-state index in [4.69, 9.17) is 9.84 Å². The number of aryl methyl sites for hydroxylation is 1. The second-order valence-electron chi connectivity index (χ2n) is 4.59. The molecule has 0 amide bonds. The molecule has 4 nitrogen and oxygen atoms in total. The summed E-state index contributed by atoms with van der Waals surface area (Å²) in [4.78, 5) is 10.8. The Morgan fingerprint density at radius 3 is 2.86 bits per heavy atom. The van der Waals surface area contributed by atoms with Crippen LogP contribution in [0.5, 0.6) is 5.75 Å². The van der Waals surface area contributed by atoms with E-state index >= 15 is 0 Å². The van der Waals surface area contributed by atoms with Gasteiger partial charge in [-0.05, 0) is 42.8 Å². The van der Waals surface area contributed by atoms with Gasteiger partial charge in [0.2, 0.25) is 0 Å². The molecular weight excluding hydrogens is 273 g/mol. The van der Waals surface area contributed by atoms with Crippen LogP contribution in [0.3, 0.4) is 0 Å². The molecule has 2 aromatic rings. The fourth-order valence-corrected chi connectivity index (χ4v) is 1.85. The molecule has 21 heavy (non-hydrogen) atoms. The molecule has 2 N–H and O–H groups in total. The molecule has 2 aromatic carbocycles. The lowest BCUT2D eigenvalue weighted by Crippen LogP contribution is -2.12. The molecule has 0 radical (unpaired) electrons. The molecular formula is C16H16FNO3. The van der Waals surface area contributed by atoms with Crippen LogP contribution in [0, 0.1) is 12.7 Å². The van der Waals surface area contributed by atoms with Gasteiger partial charge in [-0.1, -0.05) is 12.1 Å². The van der Waals surface area contributed by atoms with Gasteiger partial charge in [0.1, 0.15) is 18.2 Å². The summed E-state index contributed by atoms with van der Waals surface area (Å²) in [7, 11) is 0. The van der Waals surface area contributed by atoms with E-state index in [1.54, 1.807) is 24.3 Å². The van der Waals surface area contributed by atoms with E-state index in [9.17, 15) is 9.18 Å². The fourth-order valence-electron chi connectivity index (χ4n) is 1.85. The number of hydrogen-bond donors (Lipinski definition) is 2. The van der Waals surface area contributed by atoms with Crippen LogP contribution in [0.1, 0.15) is 15.9 Å². The van der Waals surface area contributed by atoms with Crippen molar-refractivity contribution in [2.75, 3.05) is 18.5 Å². The minimum Gasteiger partial charge on any atom is -0.492 e. The molecule has 0 aliphatic heterocycles. The van der Waals surface area contributed by atoms with Gasteiger partial charge in [-0.25, -0.2) is 9.18 Å². The number of halogens is 1. The quantitative estimate of drug-likeness (QED) is 0.801. The summed E-state index contributed by atoms with van der Waals surface area (Å²) in [6, 6.07) is 11.1. The maximum atomic E-state index is 13.5. The first-order chi connectivity index (χ1) is 10.1. The molecule has 0 heterocycles. The Labute approximate surface area is 122 Å². The average Bonchev–Trinajstić information content (AvgIpc) is 2.47. The lowest BCUT2D eigenvalue weighted by Gasteiger charge is -2.10. The molecule has 0 fully saturated rings. The number of benzene rings is 2. The first-order valence-electron chi connectivity index (χ1n) is 6.52. The molecule has 0 atom stereocenters. The number of hydrogen-bond acceptors (Lipinski definition) is 3. The Morgan fingerprint density at radius 1 is 1.29 bits per heavy atom. The maximum Gasteiger partial charge on any atom is 0.335 e. The van der Waals surface area contributed by atoms with Crippen molar-refractivity contribution >= 4 is 11.7 Å². The van der Waals surface area contributed by atoms with Gasteiger partial charge in [0.05, 0.1) is 11.3 Å². The zero-order valence-electron chi connectivity index (χ0n) is 11.6. The van der Waals surface area contributed by atoms with Crippen molar-refractivity contribution in [1.29, 1.82) is 0 Å². The summed E-state index contributed by atoms with van der Waals surface area (Å²) < 4.78 is 18.9. The predicted molar refractivity (Wildman–Crippen MR) is 78.5 cm³/mol. The van der Waals surface area contributed by atoms with Crippen molar-refractivity contribution < 1.29 is 19.0 Å². The molecule has 0 aliphatic carbocycles. The number of rotatable bonds is 6. The first kappa shape index (κ1) is 14.8. The number of carboxylic acids is 1. The molecule has 0 bridgehead atoms. The van der Waals surface area contributed by atoms with Gasteiger partial charge in [0.15, 0.2) is 0 Å². The van der Waals surface area contributed by atoms with E-state index in [0.717, 1.165) is 5.56 Å². The monoisotopic (exact) mass is 289 g/mol. The van der Waals surface area contributed by atoms with Crippen LogP contribution in [0.2, 0.25) is 0 Å². The van der Waals surface area contributed by atoms with Crippen LogP contribution in [0.25, 0.3) is 0 Å². The van der Waals surface area contributed by atoms with E-state index in [2.05, 4.69) is 5.32 Å². The number of aromatic carboxylic acids is 1. The average molecular weight is 289 g/mol. The van der Waals surface area contributed by atoms with Crippen LogP contribution in [0.15, 0.2) is 42.5 Å². The summed E-state index contributed by atoms with van der Waals surface area (Å²) in [5, 5.41) is 11.8. The zero-order valence-corrected chi connectivity index (χ0v) is 11.6. The molecule has 0 saturated carbocycles. The standard InChI is InChI=1S/C16H16FNO3/c1-11-5-6-14(17)15(9-11)18-7-8-21-13-4-2-3-12(10-13)16(19)20/h2-6,9-10,18H,7-8H2,1H3,(H,19,20). The van der Waals surface area contributed by atoms with Gasteiger partial charge in [-0.15, -0.1) is 0 Å². The highest BCUT2D eigenvalue weighted by Crippen LogP contribution is 2.16. The summed E-state index contributed by atoms with van der Waals surface area (Å²) in [5.41, 5.74) is 1.57. The number of ether oxygens (including phenoxy) is 1. The largest absolute Gasteiger partial charge is 0.492 e. The summed E-state index contributed by atoms with van der Waals surface area (Å²) in [5.74, 6) is -0.838. The van der Waals surface area contributed by atoms with E-state index in [1.807, 2.05) is 6.92 Å². The van der Waals surface area contributed by atoms with Crippen LogP contribution < -0.4 is 10.1 Å². The smallest absolute Gasteiger partial charge is 0.335 e. The molecule has 5 heteroatoms. The normalized spacial score (nSPS) is 10.2. The van der Waals surface area contributed by atoms with Gasteiger partial charge in [-0.2, -0.15) is 0 Å². The molecule has 0 aliphatic rings. The lowest BCUT2D eigenvalue weighted by atomic mass is 10.2. The van der Waals surface area contributed by atoms with Crippen LogP contribution in [0.4, 0.5) is 10.1 Å². The Balaban J connectivity index is 1.86. The SMILES string of the molecule is Cc1ccc(F)c(NCCOc2cccc(C(=O)O)c2)c1. The van der Waals surface area contributed by atoms with Crippen molar-refractivity contribution in [2.24, 2.45) is 0 Å². The second-order valence-corrected chi connectivity index (χ2v) is 4.59. The Morgan fingerprint density at radius 2 is 2.10 bits per heavy atom. The molecule has 0 aromatic heterocycles. The summed E-state index contributed by atoms with van der Waals surface area (Å²) in [6.07, 6.45) is 0. The number of anilines is 1. The minimum absolute atomic E-state index is 0.171. The van der Waals surface area contributed by atoms with Crippen LogP contribution >= 0.6 is 0 Å². The van der Waals surface area contributed by atoms with Crippen LogP contribution in [-0.4, -0.2) is 24.2 Å². The van der Waals surface area contributed by atoms with Gasteiger partial charge in [0, 0.05) is 6.54 Å². The molecule has 2 rings (SSSR count). The molecule has 0 saturated heterocycles. The third-order valence-corrected chi connectivity index (χ3v) is 2.89. The van der Waals surface area contributed by atoms with Crippen molar-refractivity contribution in [1.82, 2.24) is 0 Å². The van der Waals surface area contributed by atoms with E-state index in [1.165, 1.54) is 18.2 Å². The minimum atomic E-state index is -1.000. The maximum absolute atomic E-state index is 13.5. The lowest BCUT2D eigenvalue weighted by molar-refractivity contribution is 0.0696. The Kier molecular flexibility index (Phi) is 4.77. The predicted octanol–water partition coefficient (Wildman–Crippen LogP) is 3.32. The highest BCUT2D eigenvalue weighted by Gasteiger charge is 2.04. The molecule has 0 spiro atoms. The third-order valence-electron chi connectivity index (χ3n) is 2.89. The van der Waals surface area contributed by atoms with Gasteiger partial charge < -0.3 is 15.2 Å². The van der Waals surface area contributed by atoms with E-state index in [-0.39, 0.29) is 11.4 Å². The van der Waals surface area contributed by atoms with Gasteiger partial charge in [-0.3, -0.25) is 0 Å². The molecule has 110 valence electrons. The van der Waals surface area contributed by atoms with E-state index in [0.29, 0.717) is 24.6 Å². The van der Waals surface area contributed by atoms with E-state index < -0.39 is 5.97 Å². The number of carboxylic acid groups (broad SMARTS) is 1. The van der Waals surface area contributed by atoms with Crippen LogP contribution in [-0.2, 0) is 0 Å².